The lowest BCUT2D eigenvalue weighted by molar-refractivity contribution is 0.0943. The zero-order valence-corrected chi connectivity index (χ0v) is 13.0. The van der Waals surface area contributed by atoms with Crippen molar-refractivity contribution in [1.29, 1.82) is 0 Å². The van der Waals surface area contributed by atoms with Crippen LogP contribution in [-0.4, -0.2) is 11.9 Å². The number of thiophene rings is 1. The van der Waals surface area contributed by atoms with Crippen molar-refractivity contribution in [3.05, 3.63) is 51.2 Å². The monoisotopic (exact) mass is 308 g/mol. The van der Waals surface area contributed by atoms with Crippen LogP contribution in [0.25, 0.3) is 0 Å². The molecule has 2 rings (SSSR count). The molecule has 0 bridgehead atoms. The number of hydrogen-bond donors (Lipinski definition) is 2. The third-order valence-electron chi connectivity index (χ3n) is 2.66. The largest absolute Gasteiger partial charge is 0.380 e. The number of nitrogens with one attached hydrogen (secondary N) is 2. The number of rotatable bonds is 5. The third-order valence-corrected chi connectivity index (χ3v) is 3.94. The average Bonchev–Trinajstić information content (AvgIpc) is 2.82. The van der Waals surface area contributed by atoms with Crippen LogP contribution in [-0.2, 0) is 6.54 Å². The summed E-state index contributed by atoms with van der Waals surface area (Å²) in [7, 11) is 0. The molecule has 0 aliphatic rings. The van der Waals surface area contributed by atoms with E-state index in [0.29, 0.717) is 5.56 Å². The molecular weight excluding hydrogens is 292 g/mol. The summed E-state index contributed by atoms with van der Waals surface area (Å²) < 4.78 is 0. The van der Waals surface area contributed by atoms with Crippen molar-refractivity contribution in [2.45, 2.75) is 26.4 Å². The van der Waals surface area contributed by atoms with Gasteiger partial charge in [0.15, 0.2) is 0 Å². The fourth-order valence-electron chi connectivity index (χ4n) is 1.72. The predicted octanol–water partition coefficient (Wildman–Crippen LogP) is 4.15. The van der Waals surface area contributed by atoms with Crippen LogP contribution in [0, 0.1) is 0 Å². The minimum atomic E-state index is -0.0448. The Morgan fingerprint density at radius 1 is 1.30 bits per heavy atom. The Morgan fingerprint density at radius 3 is 2.55 bits per heavy atom. The molecule has 2 aromatic rings. The molecule has 106 valence electrons. The van der Waals surface area contributed by atoms with Crippen molar-refractivity contribution in [2.24, 2.45) is 0 Å². The maximum atomic E-state index is 11.8. The lowest BCUT2D eigenvalue weighted by atomic mass is 10.2. The Hall–Kier alpha value is -1.52. The summed E-state index contributed by atoms with van der Waals surface area (Å²) in [6.07, 6.45) is 0. The van der Waals surface area contributed by atoms with Crippen LogP contribution in [0.2, 0.25) is 5.02 Å². The van der Waals surface area contributed by atoms with Gasteiger partial charge in [-0.25, -0.2) is 0 Å². The van der Waals surface area contributed by atoms with Crippen molar-refractivity contribution in [3.63, 3.8) is 0 Å². The van der Waals surface area contributed by atoms with E-state index in [1.54, 1.807) is 11.3 Å². The van der Waals surface area contributed by atoms with E-state index in [0.717, 1.165) is 17.3 Å². The second kappa shape index (κ2) is 6.77. The second-order valence-electron chi connectivity index (χ2n) is 4.79. The van der Waals surface area contributed by atoms with Gasteiger partial charge < -0.3 is 10.6 Å². The maximum absolute atomic E-state index is 11.8. The predicted molar refractivity (Wildman–Crippen MR) is 85.7 cm³/mol. The average molecular weight is 309 g/mol. The molecule has 3 nitrogen and oxygen atoms in total. The summed E-state index contributed by atoms with van der Waals surface area (Å²) in [6, 6.07) is 9.55. The molecule has 0 saturated carbocycles. The number of halogens is 1. The number of carbonyl (C=O) groups is 1. The highest BCUT2D eigenvalue weighted by Gasteiger charge is 2.06. The molecule has 0 spiro atoms. The number of anilines is 1. The van der Waals surface area contributed by atoms with E-state index in [-0.39, 0.29) is 11.9 Å². The van der Waals surface area contributed by atoms with Crippen molar-refractivity contribution < 1.29 is 4.79 Å². The first-order chi connectivity index (χ1) is 9.54. The van der Waals surface area contributed by atoms with Gasteiger partial charge in [-0.05, 0) is 44.2 Å². The summed E-state index contributed by atoms with van der Waals surface area (Å²) >= 11 is 7.50. The Kier molecular flexibility index (Phi) is 5.04. The quantitative estimate of drug-likeness (QED) is 0.871. The topological polar surface area (TPSA) is 41.1 Å². The standard InChI is InChI=1S/C15H17ClN2OS/c1-10(2)18-15(19)11-3-5-13(6-4-11)17-8-14-7-12(16)9-20-14/h3-7,9-10,17H,8H2,1-2H3,(H,18,19). The van der Waals surface area contributed by atoms with E-state index < -0.39 is 0 Å². The first-order valence-corrected chi connectivity index (χ1v) is 7.68. The molecule has 0 saturated heterocycles. The minimum absolute atomic E-state index is 0.0448. The number of hydrogen-bond acceptors (Lipinski definition) is 3. The minimum Gasteiger partial charge on any atom is -0.380 e. The molecule has 2 N–H and O–H groups in total. The van der Waals surface area contributed by atoms with E-state index in [2.05, 4.69) is 10.6 Å². The smallest absolute Gasteiger partial charge is 0.251 e. The Labute approximate surface area is 128 Å². The van der Waals surface area contributed by atoms with Gasteiger partial charge in [-0.15, -0.1) is 11.3 Å². The van der Waals surface area contributed by atoms with Gasteiger partial charge in [-0.1, -0.05) is 11.6 Å². The molecule has 0 radical (unpaired) electrons. The summed E-state index contributed by atoms with van der Waals surface area (Å²) in [4.78, 5) is 13.0. The van der Waals surface area contributed by atoms with Crippen LogP contribution in [0.3, 0.4) is 0 Å². The van der Waals surface area contributed by atoms with Crippen molar-refractivity contribution >= 4 is 34.5 Å². The Bertz CT molecular complexity index is 578. The van der Waals surface area contributed by atoms with Crippen LogP contribution < -0.4 is 10.6 Å². The molecule has 1 heterocycles. The lowest BCUT2D eigenvalue weighted by Gasteiger charge is -2.09. The SMILES string of the molecule is CC(C)NC(=O)c1ccc(NCc2cc(Cl)cs2)cc1. The van der Waals surface area contributed by atoms with Crippen LogP contribution >= 0.6 is 22.9 Å². The molecular formula is C15H17ClN2OS. The highest BCUT2D eigenvalue weighted by atomic mass is 35.5. The number of amides is 1. The van der Waals surface area contributed by atoms with Gasteiger partial charge in [0.1, 0.15) is 0 Å². The van der Waals surface area contributed by atoms with Crippen LogP contribution in [0.5, 0.6) is 0 Å². The molecule has 5 heteroatoms. The molecule has 1 aromatic heterocycles. The summed E-state index contributed by atoms with van der Waals surface area (Å²) in [6.45, 7) is 4.62. The number of benzene rings is 1. The van der Waals surface area contributed by atoms with Gasteiger partial charge in [0.05, 0.1) is 5.02 Å². The summed E-state index contributed by atoms with van der Waals surface area (Å²) in [5, 5.41) is 8.85. The van der Waals surface area contributed by atoms with Crippen LogP contribution in [0.1, 0.15) is 29.1 Å². The molecule has 0 fully saturated rings. The van der Waals surface area contributed by atoms with E-state index in [9.17, 15) is 4.79 Å². The van der Waals surface area contributed by atoms with Crippen molar-refractivity contribution in [3.8, 4) is 0 Å². The molecule has 0 aliphatic heterocycles. The van der Waals surface area contributed by atoms with E-state index in [1.807, 2.05) is 49.6 Å². The maximum Gasteiger partial charge on any atom is 0.251 e. The lowest BCUT2D eigenvalue weighted by Crippen LogP contribution is -2.29. The second-order valence-corrected chi connectivity index (χ2v) is 6.22. The number of carbonyl (C=O) groups excluding carboxylic acids is 1. The van der Waals surface area contributed by atoms with Gasteiger partial charge >= 0.3 is 0 Å². The van der Waals surface area contributed by atoms with Crippen LogP contribution in [0.15, 0.2) is 35.7 Å². The Morgan fingerprint density at radius 2 is 2.00 bits per heavy atom. The molecule has 0 atom stereocenters. The van der Waals surface area contributed by atoms with Crippen molar-refractivity contribution in [2.75, 3.05) is 5.32 Å². The molecule has 1 amide bonds. The van der Waals surface area contributed by atoms with Crippen LogP contribution in [0.4, 0.5) is 5.69 Å². The zero-order valence-electron chi connectivity index (χ0n) is 11.4. The van der Waals surface area contributed by atoms with E-state index in [4.69, 9.17) is 11.6 Å². The molecule has 0 unspecified atom stereocenters. The Balaban J connectivity index is 1.93. The van der Waals surface area contributed by atoms with Crippen molar-refractivity contribution in [1.82, 2.24) is 5.32 Å². The first kappa shape index (κ1) is 14.9. The highest BCUT2D eigenvalue weighted by Crippen LogP contribution is 2.20. The molecule has 20 heavy (non-hydrogen) atoms. The first-order valence-electron chi connectivity index (χ1n) is 6.42. The van der Waals surface area contributed by atoms with Gasteiger partial charge in [-0.3, -0.25) is 4.79 Å². The van der Waals surface area contributed by atoms with Gasteiger partial charge in [-0.2, -0.15) is 0 Å². The fourth-order valence-corrected chi connectivity index (χ4v) is 2.73. The van der Waals surface area contributed by atoms with Gasteiger partial charge in [0.25, 0.3) is 5.91 Å². The zero-order chi connectivity index (χ0) is 14.5. The molecule has 1 aromatic carbocycles. The third kappa shape index (κ3) is 4.25. The summed E-state index contributed by atoms with van der Waals surface area (Å²) in [5.41, 5.74) is 1.65. The highest BCUT2D eigenvalue weighted by molar-refractivity contribution is 7.10. The fraction of sp³-hybridized carbons (Fsp3) is 0.267. The normalized spacial score (nSPS) is 10.6. The molecule has 0 aliphatic carbocycles. The van der Waals surface area contributed by atoms with E-state index >= 15 is 0 Å². The van der Waals surface area contributed by atoms with Gasteiger partial charge in [0.2, 0.25) is 0 Å². The summed E-state index contributed by atoms with van der Waals surface area (Å²) in [5.74, 6) is -0.0448. The van der Waals surface area contributed by atoms with E-state index in [1.165, 1.54) is 4.88 Å². The van der Waals surface area contributed by atoms with Gasteiger partial charge in [0, 0.05) is 34.1 Å².